The van der Waals surface area contributed by atoms with E-state index in [4.69, 9.17) is 0 Å². The molecule has 2 fully saturated rings. The molecule has 2 atom stereocenters. The summed E-state index contributed by atoms with van der Waals surface area (Å²) in [6.45, 7) is 2.04. The summed E-state index contributed by atoms with van der Waals surface area (Å²) in [6.07, 6.45) is 2.18. The second-order valence-electron chi connectivity index (χ2n) is 7.35. The summed E-state index contributed by atoms with van der Waals surface area (Å²) in [4.78, 5) is 32.0. The van der Waals surface area contributed by atoms with Gasteiger partial charge in [-0.2, -0.15) is 0 Å². The number of anilines is 1. The highest BCUT2D eigenvalue weighted by Gasteiger charge is 2.45. The zero-order chi connectivity index (χ0) is 20.4. The maximum Gasteiger partial charge on any atom is 0.242 e. The van der Waals surface area contributed by atoms with Crippen LogP contribution < -0.4 is 5.32 Å². The molecule has 0 radical (unpaired) electrons. The molecule has 0 spiro atoms. The molecule has 0 aromatic heterocycles. The van der Waals surface area contributed by atoms with E-state index in [0.29, 0.717) is 11.1 Å². The van der Waals surface area contributed by atoms with Crippen LogP contribution in [-0.4, -0.2) is 33.2 Å². The quantitative estimate of drug-likeness (QED) is 0.757. The van der Waals surface area contributed by atoms with Gasteiger partial charge < -0.3 is 5.32 Å². The van der Waals surface area contributed by atoms with Gasteiger partial charge in [0.05, 0.1) is 11.4 Å². The Morgan fingerprint density at radius 1 is 1.21 bits per heavy atom. The lowest BCUT2D eigenvalue weighted by atomic mass is 10.1. The molecule has 0 bridgehead atoms. The van der Waals surface area contributed by atoms with Crippen molar-refractivity contribution < 1.29 is 14.0 Å². The van der Waals surface area contributed by atoms with E-state index >= 15 is 0 Å². The van der Waals surface area contributed by atoms with Crippen molar-refractivity contribution in [1.29, 1.82) is 0 Å². The van der Waals surface area contributed by atoms with Gasteiger partial charge in [0.15, 0.2) is 5.17 Å². The smallest absolute Gasteiger partial charge is 0.242 e. The Morgan fingerprint density at radius 3 is 2.59 bits per heavy atom. The van der Waals surface area contributed by atoms with Crippen LogP contribution in [0, 0.1) is 11.7 Å². The number of carbonyl (C=O) groups excluding carboxylic acids is 2. The Bertz CT molecular complexity index is 946. The number of thioether (sulfide) groups is 1. The van der Waals surface area contributed by atoms with E-state index in [1.165, 1.54) is 23.9 Å². The van der Waals surface area contributed by atoms with Crippen LogP contribution in [-0.2, 0) is 9.59 Å². The third-order valence-corrected chi connectivity index (χ3v) is 6.33. The number of hydrogen-bond donors (Lipinski definition) is 1. The highest BCUT2D eigenvalue weighted by molar-refractivity contribution is 8.15. The molecule has 1 saturated carbocycles. The van der Waals surface area contributed by atoms with E-state index in [2.05, 4.69) is 10.3 Å². The van der Waals surface area contributed by atoms with E-state index in [9.17, 15) is 14.0 Å². The predicted molar refractivity (Wildman–Crippen MR) is 114 cm³/mol. The van der Waals surface area contributed by atoms with Gasteiger partial charge in [-0.05, 0) is 49.9 Å². The van der Waals surface area contributed by atoms with Crippen molar-refractivity contribution in [2.75, 3.05) is 5.32 Å². The molecular formula is C22H22FN3O2S. The lowest BCUT2D eigenvalue weighted by Gasteiger charge is -2.24. The zero-order valence-corrected chi connectivity index (χ0v) is 16.9. The summed E-state index contributed by atoms with van der Waals surface area (Å²) in [5.74, 6) is -0.512. The number of halogens is 1. The number of nitrogens with zero attached hydrogens (tertiary/aromatic N) is 2. The molecule has 1 saturated heterocycles. The topological polar surface area (TPSA) is 61.8 Å². The summed E-state index contributed by atoms with van der Waals surface area (Å²) >= 11 is 1.31. The van der Waals surface area contributed by atoms with Gasteiger partial charge in [0.1, 0.15) is 11.1 Å². The largest absolute Gasteiger partial charge is 0.324 e. The van der Waals surface area contributed by atoms with E-state index in [1.807, 2.05) is 37.3 Å². The lowest BCUT2D eigenvalue weighted by molar-refractivity contribution is -0.129. The standard InChI is InChI=1S/C22H22FN3O2S/c1-14(15-11-12-15)26-21(28)19(29-22(26)24-16-7-3-2-4-8-16)13-20(27)25-18-10-6-5-9-17(18)23/h2-10,14-15,19H,11-13H2,1H3,(H,25,27)/t14-,19-/m1/s1. The number of amides is 2. The first-order valence-corrected chi connectivity index (χ1v) is 10.6. The Kier molecular flexibility index (Phi) is 5.67. The van der Waals surface area contributed by atoms with Crippen LogP contribution in [0.25, 0.3) is 0 Å². The molecule has 1 heterocycles. The van der Waals surface area contributed by atoms with Crippen molar-refractivity contribution >= 4 is 40.1 Å². The van der Waals surface area contributed by atoms with Gasteiger partial charge in [-0.25, -0.2) is 9.38 Å². The molecule has 7 heteroatoms. The predicted octanol–water partition coefficient (Wildman–Crippen LogP) is 4.58. The molecule has 2 aromatic rings. The molecule has 1 N–H and O–H groups in total. The fraction of sp³-hybridized carbons (Fsp3) is 0.318. The first kappa shape index (κ1) is 19.6. The Balaban J connectivity index is 1.52. The summed E-state index contributed by atoms with van der Waals surface area (Å²) in [7, 11) is 0. The normalized spacial score (nSPS) is 21.4. The molecule has 5 nitrogen and oxygen atoms in total. The fourth-order valence-corrected chi connectivity index (χ4v) is 4.63. The summed E-state index contributed by atoms with van der Waals surface area (Å²) < 4.78 is 13.8. The monoisotopic (exact) mass is 411 g/mol. The van der Waals surface area contributed by atoms with Crippen LogP contribution in [0.4, 0.5) is 15.8 Å². The minimum Gasteiger partial charge on any atom is -0.324 e. The molecule has 2 aromatic carbocycles. The molecule has 2 aliphatic rings. The van der Waals surface area contributed by atoms with Crippen LogP contribution in [0.3, 0.4) is 0 Å². The number of amidine groups is 1. The van der Waals surface area contributed by atoms with Gasteiger partial charge in [-0.15, -0.1) is 0 Å². The molecule has 1 aliphatic heterocycles. The summed E-state index contributed by atoms with van der Waals surface area (Å²) in [5, 5.41) is 2.63. The van der Waals surface area contributed by atoms with Gasteiger partial charge in [0.2, 0.25) is 11.8 Å². The highest BCUT2D eigenvalue weighted by atomic mass is 32.2. The first-order valence-electron chi connectivity index (χ1n) is 9.71. The molecule has 0 unspecified atom stereocenters. The number of rotatable bonds is 6. The SMILES string of the molecule is C[C@H](C1CC1)N1C(=O)[C@@H](CC(=O)Nc2ccccc2F)SC1=Nc1ccccc1. The maximum atomic E-state index is 13.8. The number of aliphatic imine (C=N–C) groups is 1. The molecule has 4 rings (SSSR count). The van der Waals surface area contributed by atoms with E-state index in [1.54, 1.807) is 17.0 Å². The van der Waals surface area contributed by atoms with Crippen molar-refractivity contribution in [3.05, 3.63) is 60.4 Å². The van der Waals surface area contributed by atoms with E-state index in [-0.39, 0.29) is 30.0 Å². The van der Waals surface area contributed by atoms with Gasteiger partial charge in [0, 0.05) is 12.5 Å². The molecule has 2 amide bonds. The zero-order valence-electron chi connectivity index (χ0n) is 16.0. The number of carbonyl (C=O) groups is 2. The molecule has 29 heavy (non-hydrogen) atoms. The number of hydrogen-bond acceptors (Lipinski definition) is 4. The lowest BCUT2D eigenvalue weighted by Crippen LogP contribution is -2.41. The number of benzene rings is 2. The molecule has 150 valence electrons. The van der Waals surface area contributed by atoms with Crippen molar-refractivity contribution in [1.82, 2.24) is 4.90 Å². The number of nitrogens with one attached hydrogen (secondary N) is 1. The highest BCUT2D eigenvalue weighted by Crippen LogP contribution is 2.41. The van der Waals surface area contributed by atoms with Crippen LogP contribution in [0.2, 0.25) is 0 Å². The summed E-state index contributed by atoms with van der Waals surface area (Å²) in [5.41, 5.74) is 0.890. The van der Waals surface area contributed by atoms with E-state index < -0.39 is 11.1 Å². The Morgan fingerprint density at radius 2 is 1.90 bits per heavy atom. The first-order chi connectivity index (χ1) is 14.0. The van der Waals surface area contributed by atoms with Crippen LogP contribution in [0.5, 0.6) is 0 Å². The van der Waals surface area contributed by atoms with Crippen molar-refractivity contribution in [2.45, 2.75) is 37.5 Å². The van der Waals surface area contributed by atoms with Gasteiger partial charge in [-0.1, -0.05) is 42.1 Å². The Labute approximate surface area is 173 Å². The molecule has 1 aliphatic carbocycles. The average Bonchev–Trinajstić information content (AvgIpc) is 3.51. The van der Waals surface area contributed by atoms with Crippen molar-refractivity contribution in [3.8, 4) is 0 Å². The van der Waals surface area contributed by atoms with Crippen LogP contribution in [0.15, 0.2) is 59.6 Å². The minimum absolute atomic E-state index is 0.0282. The van der Waals surface area contributed by atoms with Gasteiger partial charge >= 0.3 is 0 Å². The summed E-state index contributed by atoms with van der Waals surface area (Å²) in [6, 6.07) is 15.5. The van der Waals surface area contributed by atoms with Crippen LogP contribution >= 0.6 is 11.8 Å². The minimum atomic E-state index is -0.564. The number of para-hydroxylation sites is 2. The van der Waals surface area contributed by atoms with Crippen LogP contribution in [0.1, 0.15) is 26.2 Å². The average molecular weight is 412 g/mol. The van der Waals surface area contributed by atoms with Crippen molar-refractivity contribution in [2.24, 2.45) is 10.9 Å². The second kappa shape index (κ2) is 8.37. The van der Waals surface area contributed by atoms with Crippen molar-refractivity contribution in [3.63, 3.8) is 0 Å². The maximum absolute atomic E-state index is 13.8. The Hall–Kier alpha value is -2.67. The van der Waals surface area contributed by atoms with E-state index in [0.717, 1.165) is 18.5 Å². The fourth-order valence-electron chi connectivity index (χ4n) is 3.40. The molecular weight excluding hydrogens is 389 g/mol. The second-order valence-corrected chi connectivity index (χ2v) is 8.52. The van der Waals surface area contributed by atoms with Gasteiger partial charge in [-0.3, -0.25) is 14.5 Å². The third-order valence-electron chi connectivity index (χ3n) is 5.18. The van der Waals surface area contributed by atoms with Gasteiger partial charge in [0.25, 0.3) is 0 Å². The third kappa shape index (κ3) is 4.50.